The highest BCUT2D eigenvalue weighted by molar-refractivity contribution is 9.10. The van der Waals surface area contributed by atoms with Crippen LogP contribution in [-0.2, 0) is 11.3 Å². The van der Waals surface area contributed by atoms with Crippen LogP contribution >= 0.6 is 15.9 Å². The Hall–Kier alpha value is -1.95. The third kappa shape index (κ3) is 4.28. The predicted octanol–water partition coefficient (Wildman–Crippen LogP) is 3.76. The number of amides is 1. The number of likely N-dealkylation sites (tertiary alicyclic amines) is 1. The molecule has 120 valence electrons. The summed E-state index contributed by atoms with van der Waals surface area (Å²) in [4.78, 5) is 22.6. The van der Waals surface area contributed by atoms with Crippen molar-refractivity contribution in [3.63, 3.8) is 0 Å². The highest BCUT2D eigenvalue weighted by Crippen LogP contribution is 2.26. The van der Waals surface area contributed by atoms with Gasteiger partial charge in [-0.1, -0.05) is 30.3 Å². The fourth-order valence-corrected chi connectivity index (χ4v) is 2.87. The van der Waals surface area contributed by atoms with Crippen molar-refractivity contribution in [2.45, 2.75) is 25.4 Å². The molecule has 0 saturated carbocycles. The minimum Gasteiger partial charge on any atom is -0.445 e. The maximum atomic E-state index is 12.1. The van der Waals surface area contributed by atoms with E-state index in [0.29, 0.717) is 25.6 Å². The summed E-state index contributed by atoms with van der Waals surface area (Å²) in [5, 5.41) is 0. The number of carbonyl (C=O) groups is 1. The average Bonchev–Trinajstić information content (AvgIpc) is 2.61. The molecule has 0 unspecified atom stereocenters. The van der Waals surface area contributed by atoms with Crippen molar-refractivity contribution >= 4 is 22.0 Å². The van der Waals surface area contributed by atoms with Gasteiger partial charge in [0, 0.05) is 31.4 Å². The van der Waals surface area contributed by atoms with Gasteiger partial charge in [-0.15, -0.1) is 0 Å². The van der Waals surface area contributed by atoms with Gasteiger partial charge in [-0.3, -0.25) is 0 Å². The molecule has 3 rings (SSSR count). The SMILES string of the molecule is O=C(OCc1ccccc1)N1CCC(c2ncc(Br)cn2)CC1. The Morgan fingerprint density at radius 2 is 1.83 bits per heavy atom. The largest absolute Gasteiger partial charge is 0.445 e. The molecule has 0 spiro atoms. The first-order chi connectivity index (χ1) is 11.2. The number of halogens is 1. The number of rotatable bonds is 3. The number of carbonyl (C=O) groups excluding carboxylic acids is 1. The Bertz CT molecular complexity index is 641. The van der Waals surface area contributed by atoms with Crippen LogP contribution < -0.4 is 0 Å². The Kier molecular flexibility index (Phi) is 5.23. The van der Waals surface area contributed by atoms with E-state index in [4.69, 9.17) is 4.74 Å². The number of nitrogens with zero attached hydrogens (tertiary/aromatic N) is 3. The molecular formula is C17H18BrN3O2. The lowest BCUT2D eigenvalue weighted by Gasteiger charge is -2.30. The molecule has 1 aromatic heterocycles. The van der Waals surface area contributed by atoms with E-state index >= 15 is 0 Å². The Morgan fingerprint density at radius 3 is 2.48 bits per heavy atom. The molecule has 5 nitrogen and oxygen atoms in total. The highest BCUT2D eigenvalue weighted by atomic mass is 79.9. The van der Waals surface area contributed by atoms with E-state index in [0.717, 1.165) is 28.7 Å². The minimum atomic E-state index is -0.246. The predicted molar refractivity (Wildman–Crippen MR) is 89.9 cm³/mol. The van der Waals surface area contributed by atoms with Crippen LogP contribution in [0.3, 0.4) is 0 Å². The quantitative estimate of drug-likeness (QED) is 0.819. The first-order valence-electron chi connectivity index (χ1n) is 7.65. The van der Waals surface area contributed by atoms with Gasteiger partial charge in [-0.25, -0.2) is 14.8 Å². The van der Waals surface area contributed by atoms with E-state index in [-0.39, 0.29) is 6.09 Å². The summed E-state index contributed by atoms with van der Waals surface area (Å²) in [5.41, 5.74) is 0.999. The van der Waals surface area contributed by atoms with Crippen molar-refractivity contribution in [1.82, 2.24) is 14.9 Å². The maximum absolute atomic E-state index is 12.1. The van der Waals surface area contributed by atoms with Crippen molar-refractivity contribution in [2.75, 3.05) is 13.1 Å². The van der Waals surface area contributed by atoms with Gasteiger partial charge in [-0.2, -0.15) is 0 Å². The van der Waals surface area contributed by atoms with Gasteiger partial charge in [0.25, 0.3) is 0 Å². The van der Waals surface area contributed by atoms with Gasteiger partial charge in [-0.05, 0) is 34.3 Å². The molecule has 1 aliphatic heterocycles. The van der Waals surface area contributed by atoms with Crippen LogP contribution in [0.1, 0.15) is 30.1 Å². The molecule has 1 aliphatic rings. The summed E-state index contributed by atoms with van der Waals surface area (Å²) < 4.78 is 6.25. The van der Waals surface area contributed by atoms with Gasteiger partial charge in [0.2, 0.25) is 0 Å². The standard InChI is InChI=1S/C17H18BrN3O2/c18-15-10-19-16(20-11-15)14-6-8-21(9-7-14)17(22)23-12-13-4-2-1-3-5-13/h1-5,10-11,14H,6-9,12H2. The van der Waals surface area contributed by atoms with Crippen LogP contribution in [0.2, 0.25) is 0 Å². The molecule has 2 heterocycles. The van der Waals surface area contributed by atoms with Gasteiger partial charge in [0.15, 0.2) is 0 Å². The van der Waals surface area contributed by atoms with Crippen molar-refractivity contribution in [3.8, 4) is 0 Å². The maximum Gasteiger partial charge on any atom is 0.410 e. The summed E-state index contributed by atoms with van der Waals surface area (Å²) in [6.07, 6.45) is 5.01. The van der Waals surface area contributed by atoms with E-state index < -0.39 is 0 Å². The van der Waals surface area contributed by atoms with E-state index in [2.05, 4.69) is 25.9 Å². The molecule has 0 bridgehead atoms. The second-order valence-corrected chi connectivity index (χ2v) is 6.48. The molecule has 1 aromatic carbocycles. The van der Waals surface area contributed by atoms with Crippen LogP contribution in [0, 0.1) is 0 Å². The topological polar surface area (TPSA) is 55.3 Å². The lowest BCUT2D eigenvalue weighted by atomic mass is 9.96. The van der Waals surface area contributed by atoms with Gasteiger partial charge < -0.3 is 9.64 Å². The number of benzene rings is 1. The van der Waals surface area contributed by atoms with Crippen LogP contribution in [-0.4, -0.2) is 34.1 Å². The Balaban J connectivity index is 1.48. The molecule has 0 radical (unpaired) electrons. The van der Waals surface area contributed by atoms with Crippen LogP contribution in [0.25, 0.3) is 0 Å². The summed E-state index contributed by atoms with van der Waals surface area (Å²) in [7, 11) is 0. The minimum absolute atomic E-state index is 0.246. The fourth-order valence-electron chi connectivity index (χ4n) is 2.66. The van der Waals surface area contributed by atoms with E-state index in [1.54, 1.807) is 17.3 Å². The zero-order chi connectivity index (χ0) is 16.1. The Labute approximate surface area is 143 Å². The van der Waals surface area contributed by atoms with E-state index in [1.165, 1.54) is 0 Å². The summed E-state index contributed by atoms with van der Waals surface area (Å²) in [6.45, 7) is 1.67. The summed E-state index contributed by atoms with van der Waals surface area (Å²) in [5.74, 6) is 1.16. The third-order valence-corrected chi connectivity index (χ3v) is 4.37. The first kappa shape index (κ1) is 15.9. The molecule has 0 aliphatic carbocycles. The van der Waals surface area contributed by atoms with Crippen molar-refractivity contribution in [3.05, 3.63) is 58.6 Å². The zero-order valence-corrected chi connectivity index (χ0v) is 14.3. The molecule has 0 N–H and O–H groups in total. The van der Waals surface area contributed by atoms with Crippen LogP contribution in [0.15, 0.2) is 47.2 Å². The molecule has 6 heteroatoms. The zero-order valence-electron chi connectivity index (χ0n) is 12.7. The second-order valence-electron chi connectivity index (χ2n) is 5.56. The first-order valence-corrected chi connectivity index (χ1v) is 8.45. The Morgan fingerprint density at radius 1 is 1.17 bits per heavy atom. The molecule has 2 aromatic rings. The van der Waals surface area contributed by atoms with Gasteiger partial charge >= 0.3 is 6.09 Å². The monoisotopic (exact) mass is 375 g/mol. The summed E-state index contributed by atoms with van der Waals surface area (Å²) >= 11 is 3.34. The summed E-state index contributed by atoms with van der Waals surface area (Å²) in [6, 6.07) is 9.72. The molecule has 1 fully saturated rings. The normalized spacial score (nSPS) is 15.4. The average molecular weight is 376 g/mol. The third-order valence-electron chi connectivity index (χ3n) is 3.96. The number of piperidine rings is 1. The molecule has 0 atom stereocenters. The smallest absolute Gasteiger partial charge is 0.410 e. The number of hydrogen-bond acceptors (Lipinski definition) is 4. The van der Waals surface area contributed by atoms with Crippen molar-refractivity contribution in [2.24, 2.45) is 0 Å². The number of ether oxygens (including phenoxy) is 1. The van der Waals surface area contributed by atoms with Crippen LogP contribution in [0.5, 0.6) is 0 Å². The van der Waals surface area contributed by atoms with Crippen molar-refractivity contribution in [1.29, 1.82) is 0 Å². The molecular weight excluding hydrogens is 358 g/mol. The van der Waals surface area contributed by atoms with Crippen LogP contribution in [0.4, 0.5) is 4.79 Å². The highest BCUT2D eigenvalue weighted by Gasteiger charge is 2.26. The fraction of sp³-hybridized carbons (Fsp3) is 0.353. The van der Waals surface area contributed by atoms with E-state index in [1.807, 2.05) is 30.3 Å². The molecule has 23 heavy (non-hydrogen) atoms. The molecule has 1 amide bonds. The second kappa shape index (κ2) is 7.55. The van der Waals surface area contributed by atoms with Crippen molar-refractivity contribution < 1.29 is 9.53 Å². The van der Waals surface area contributed by atoms with Gasteiger partial charge in [0.1, 0.15) is 12.4 Å². The number of aromatic nitrogens is 2. The lowest BCUT2D eigenvalue weighted by Crippen LogP contribution is -2.38. The lowest BCUT2D eigenvalue weighted by molar-refractivity contribution is 0.0866. The van der Waals surface area contributed by atoms with Gasteiger partial charge in [0.05, 0.1) is 4.47 Å². The van der Waals surface area contributed by atoms with E-state index in [9.17, 15) is 4.79 Å². The number of hydrogen-bond donors (Lipinski definition) is 0. The molecule has 1 saturated heterocycles.